The fourth-order valence-corrected chi connectivity index (χ4v) is 2.83. The second-order valence-corrected chi connectivity index (χ2v) is 11.7. The van der Waals surface area contributed by atoms with Gasteiger partial charge in [0.15, 0.2) is 0 Å². The van der Waals surface area contributed by atoms with Crippen LogP contribution >= 0.6 is 0 Å². The van der Waals surface area contributed by atoms with Crippen LogP contribution in [0.1, 0.15) is 44.4 Å². The molecule has 6 nitrogen and oxygen atoms in total. The molecule has 0 aromatic heterocycles. The molecule has 0 radical (unpaired) electrons. The summed E-state index contributed by atoms with van der Waals surface area (Å²) < 4.78 is 36.9. The Labute approximate surface area is 212 Å². The van der Waals surface area contributed by atoms with Crippen LogP contribution in [0, 0.1) is 6.92 Å². The van der Waals surface area contributed by atoms with Gasteiger partial charge in [-0.25, -0.2) is 13.2 Å². The zero-order valence-corrected chi connectivity index (χ0v) is 23.2. The average Bonchev–Trinajstić information content (AvgIpc) is 2.72. The Hall–Kier alpha value is -2.74. The molecule has 35 heavy (non-hydrogen) atoms. The zero-order valence-electron chi connectivity index (χ0n) is 22.4. The smallest absolute Gasteiger partial charge is 0.333 e. The van der Waals surface area contributed by atoms with E-state index in [1.165, 1.54) is 23.3 Å². The number of aryl methyl sites for hydroxylation is 1. The maximum atomic E-state index is 10.9. The first-order valence-electron chi connectivity index (χ1n) is 11.3. The lowest BCUT2D eigenvalue weighted by atomic mass is 9.87. The number of hydrogen-bond donors (Lipinski definition) is 0. The second-order valence-electron chi connectivity index (χ2n) is 10.3. The quantitative estimate of drug-likeness (QED) is 0.230. The first kappa shape index (κ1) is 32.3. The Bertz CT molecular complexity index is 1060. The number of hydrogen-bond acceptors (Lipinski definition) is 5. The minimum Gasteiger partial charge on any atom is -0.744 e. The number of likely N-dealkylation sites (N-methyl/N-ethyl adjacent to an activating group) is 1. The van der Waals surface area contributed by atoms with Crippen molar-refractivity contribution < 1.29 is 27.0 Å². The Morgan fingerprint density at radius 2 is 1.51 bits per heavy atom. The number of carbonyl (C=O) groups excluding carboxylic acids is 1. The van der Waals surface area contributed by atoms with Crippen molar-refractivity contribution in [2.24, 2.45) is 0 Å². The number of benzene rings is 2. The minimum absolute atomic E-state index is 0.178. The van der Waals surface area contributed by atoms with Gasteiger partial charge in [-0.2, -0.15) is 0 Å². The molecule has 0 saturated heterocycles. The van der Waals surface area contributed by atoms with E-state index in [0.717, 1.165) is 16.6 Å². The molecule has 0 N–H and O–H groups in total. The van der Waals surface area contributed by atoms with Crippen LogP contribution in [0.15, 0.2) is 72.2 Å². The van der Waals surface area contributed by atoms with E-state index in [0.29, 0.717) is 12.2 Å². The van der Waals surface area contributed by atoms with E-state index >= 15 is 0 Å². The summed E-state index contributed by atoms with van der Waals surface area (Å²) in [5.74, 6) is -0.302. The van der Waals surface area contributed by atoms with E-state index in [2.05, 4.69) is 79.3 Å². The van der Waals surface area contributed by atoms with Crippen LogP contribution in [0.2, 0.25) is 0 Å². The molecule has 0 heterocycles. The molecule has 0 amide bonds. The van der Waals surface area contributed by atoms with Gasteiger partial charge in [0, 0.05) is 5.57 Å². The summed E-state index contributed by atoms with van der Waals surface area (Å²) in [7, 11) is 1.88. The standard InChI is InChI=1S/C12H16.C9H18NO2.C7H8O3S/c1-5-10-6-8-11(9-7-10)12(2,3)4;1-8(2)9(11)12-7-6-10(3,4)5;1-6-2-4-7(5-3-6)11(8,9)10/h5-9H,1H2,2-4H3;1,6-7H2,2-5H3;2-5H,1H3,(H,8,9,10)/q;+1;/p-1. The topological polar surface area (TPSA) is 83.5 Å². The summed E-state index contributed by atoms with van der Waals surface area (Å²) in [5.41, 5.74) is 4.18. The summed E-state index contributed by atoms with van der Waals surface area (Å²) >= 11 is 0. The molecule has 0 aliphatic heterocycles. The third-order valence-corrected chi connectivity index (χ3v) is 5.52. The Balaban J connectivity index is 0.000000496. The first-order chi connectivity index (χ1) is 15.9. The molecule has 2 rings (SSSR count). The van der Waals surface area contributed by atoms with Crippen molar-refractivity contribution in [3.8, 4) is 0 Å². The van der Waals surface area contributed by atoms with Crippen molar-refractivity contribution in [1.82, 2.24) is 0 Å². The maximum Gasteiger partial charge on any atom is 0.333 e. The van der Waals surface area contributed by atoms with Crippen LogP contribution in [0.25, 0.3) is 6.08 Å². The maximum absolute atomic E-state index is 10.9. The summed E-state index contributed by atoms with van der Waals surface area (Å²) in [5, 5.41) is 0. The third-order valence-electron chi connectivity index (χ3n) is 4.67. The highest BCUT2D eigenvalue weighted by atomic mass is 32.2. The highest BCUT2D eigenvalue weighted by Gasteiger charge is 2.12. The van der Waals surface area contributed by atoms with Gasteiger partial charge in [-0.05, 0) is 42.5 Å². The largest absolute Gasteiger partial charge is 0.744 e. The number of nitrogens with zero attached hydrogens (tertiary/aromatic N) is 1. The van der Waals surface area contributed by atoms with Gasteiger partial charge in [-0.3, -0.25) is 0 Å². The Morgan fingerprint density at radius 1 is 1.03 bits per heavy atom. The Kier molecular flexibility index (Phi) is 12.9. The summed E-state index contributed by atoms with van der Waals surface area (Å²) in [4.78, 5) is 10.7. The van der Waals surface area contributed by atoms with E-state index < -0.39 is 10.1 Å². The van der Waals surface area contributed by atoms with Gasteiger partial charge < -0.3 is 13.8 Å². The van der Waals surface area contributed by atoms with E-state index in [-0.39, 0.29) is 16.3 Å². The highest BCUT2D eigenvalue weighted by molar-refractivity contribution is 7.85. The molecule has 194 valence electrons. The third kappa shape index (κ3) is 15.0. The summed E-state index contributed by atoms with van der Waals surface area (Å²) in [6.45, 7) is 18.6. The van der Waals surface area contributed by atoms with Gasteiger partial charge in [-0.1, -0.05) is 82.0 Å². The number of quaternary nitrogens is 1. The molecule has 7 heteroatoms. The van der Waals surface area contributed by atoms with E-state index in [4.69, 9.17) is 4.74 Å². The molecule has 2 aromatic carbocycles. The van der Waals surface area contributed by atoms with Gasteiger partial charge in [0.05, 0.1) is 26.0 Å². The van der Waals surface area contributed by atoms with E-state index in [9.17, 15) is 17.8 Å². The van der Waals surface area contributed by atoms with Crippen LogP contribution in [0.3, 0.4) is 0 Å². The molecule has 0 bridgehead atoms. The van der Waals surface area contributed by atoms with Gasteiger partial charge in [-0.15, -0.1) is 0 Å². The van der Waals surface area contributed by atoms with E-state index in [1.54, 1.807) is 19.1 Å². The van der Waals surface area contributed by atoms with E-state index in [1.807, 2.05) is 13.0 Å². The monoisotopic (exact) mass is 503 g/mol. The molecule has 0 fully saturated rings. The summed E-state index contributed by atoms with van der Waals surface area (Å²) in [6, 6.07) is 14.3. The molecule has 0 atom stereocenters. The highest BCUT2D eigenvalue weighted by Crippen LogP contribution is 2.22. The fourth-order valence-electron chi connectivity index (χ4n) is 2.36. The summed E-state index contributed by atoms with van der Waals surface area (Å²) in [6.07, 6.45) is 1.87. The Morgan fingerprint density at radius 3 is 1.86 bits per heavy atom. The normalized spacial score (nSPS) is 11.2. The lowest BCUT2D eigenvalue weighted by molar-refractivity contribution is -0.870. The molecule has 0 aliphatic carbocycles. The predicted molar refractivity (Wildman–Crippen MR) is 143 cm³/mol. The lowest BCUT2D eigenvalue weighted by Crippen LogP contribution is -2.38. The molecular formula is C28H41NO5S. The fraction of sp³-hybridized carbons (Fsp3) is 0.393. The molecule has 2 aromatic rings. The van der Waals surface area contributed by atoms with Gasteiger partial charge in [0.2, 0.25) is 0 Å². The van der Waals surface area contributed by atoms with Gasteiger partial charge >= 0.3 is 5.97 Å². The van der Waals surface area contributed by atoms with Crippen LogP contribution in [0.5, 0.6) is 0 Å². The molecule has 0 aliphatic rings. The average molecular weight is 504 g/mol. The molecular weight excluding hydrogens is 462 g/mol. The minimum atomic E-state index is -4.27. The van der Waals surface area contributed by atoms with Crippen LogP contribution < -0.4 is 0 Å². The molecule has 0 unspecified atom stereocenters. The lowest BCUT2D eigenvalue weighted by Gasteiger charge is -2.23. The first-order valence-corrected chi connectivity index (χ1v) is 12.7. The number of carbonyl (C=O) groups is 1. The number of rotatable bonds is 6. The SMILES string of the molecule is C=C(C)C(=O)OCC[N+](C)(C)C.C=Cc1ccc(C(C)(C)C)cc1.Cc1ccc(S(=O)(=O)[O-])cc1. The number of esters is 1. The predicted octanol–water partition coefficient (Wildman–Crippen LogP) is 5.34. The van der Waals surface area contributed by atoms with Crippen molar-refractivity contribution in [2.45, 2.75) is 44.9 Å². The van der Waals surface area contributed by atoms with Crippen molar-refractivity contribution in [3.63, 3.8) is 0 Å². The second kappa shape index (κ2) is 14.0. The zero-order chi connectivity index (χ0) is 27.4. The van der Waals surface area contributed by atoms with Crippen molar-refractivity contribution in [3.05, 3.63) is 84.0 Å². The molecule has 0 spiro atoms. The van der Waals surface area contributed by atoms with Crippen molar-refractivity contribution in [2.75, 3.05) is 34.3 Å². The van der Waals surface area contributed by atoms with Crippen LogP contribution in [-0.2, 0) is 25.1 Å². The van der Waals surface area contributed by atoms with Crippen LogP contribution in [-0.4, -0.2) is 57.7 Å². The molecule has 0 saturated carbocycles. The van der Waals surface area contributed by atoms with Crippen LogP contribution in [0.4, 0.5) is 0 Å². The van der Waals surface area contributed by atoms with Crippen molar-refractivity contribution >= 4 is 22.2 Å². The van der Waals surface area contributed by atoms with Crippen molar-refractivity contribution in [1.29, 1.82) is 0 Å². The van der Waals surface area contributed by atoms with Gasteiger partial charge in [0.25, 0.3) is 0 Å². The number of ether oxygens (including phenoxy) is 1. The van der Waals surface area contributed by atoms with Gasteiger partial charge in [0.1, 0.15) is 23.3 Å².